The monoisotopic (exact) mass is 356 g/mol. The van der Waals surface area contributed by atoms with Gasteiger partial charge in [-0.05, 0) is 31.4 Å². The summed E-state index contributed by atoms with van der Waals surface area (Å²) in [6, 6.07) is 7.38. The van der Waals surface area contributed by atoms with E-state index in [1.54, 1.807) is 23.1 Å². The number of carbonyl (C=O) groups is 3. The normalized spacial score (nSPS) is 23.9. The predicted octanol–water partition coefficient (Wildman–Crippen LogP) is 2.51. The summed E-state index contributed by atoms with van der Waals surface area (Å²) in [6.45, 7) is 1.16. The minimum atomic E-state index is -0.403. The predicted molar refractivity (Wildman–Crippen MR) is 95.7 cm³/mol. The third-order valence-electron chi connectivity index (χ3n) is 5.68. The van der Waals surface area contributed by atoms with Crippen LogP contribution in [0.25, 0.3) is 0 Å². The van der Waals surface area contributed by atoms with Gasteiger partial charge in [0.05, 0.1) is 5.92 Å². The summed E-state index contributed by atoms with van der Waals surface area (Å²) in [6.07, 6.45) is 6.05. The van der Waals surface area contributed by atoms with E-state index < -0.39 is 5.92 Å². The molecule has 26 heavy (non-hydrogen) atoms. The quantitative estimate of drug-likeness (QED) is 0.614. The molecule has 138 valence electrons. The van der Waals surface area contributed by atoms with Gasteiger partial charge in [-0.2, -0.15) is 0 Å². The molecule has 0 spiro atoms. The van der Waals surface area contributed by atoms with Crippen molar-refractivity contribution in [2.75, 3.05) is 18.0 Å². The van der Waals surface area contributed by atoms with Crippen LogP contribution in [0.2, 0.25) is 0 Å². The molecule has 0 aromatic heterocycles. The zero-order chi connectivity index (χ0) is 18.1. The van der Waals surface area contributed by atoms with Crippen molar-refractivity contribution >= 4 is 23.5 Å². The van der Waals surface area contributed by atoms with E-state index in [-0.39, 0.29) is 24.2 Å². The van der Waals surface area contributed by atoms with Gasteiger partial charge in [0, 0.05) is 43.7 Å². The second-order valence-electron chi connectivity index (χ2n) is 7.45. The molecule has 6 heteroatoms. The fourth-order valence-corrected chi connectivity index (χ4v) is 4.29. The van der Waals surface area contributed by atoms with Crippen molar-refractivity contribution in [3.63, 3.8) is 0 Å². The van der Waals surface area contributed by atoms with Crippen LogP contribution < -0.4 is 9.64 Å². The van der Waals surface area contributed by atoms with Crippen molar-refractivity contribution in [1.29, 1.82) is 0 Å². The van der Waals surface area contributed by atoms with Gasteiger partial charge in [0.15, 0.2) is 0 Å². The van der Waals surface area contributed by atoms with Crippen LogP contribution in [0.1, 0.15) is 44.9 Å². The molecule has 1 unspecified atom stereocenters. The molecule has 3 aliphatic rings. The van der Waals surface area contributed by atoms with Crippen molar-refractivity contribution in [2.45, 2.75) is 51.0 Å². The number of ether oxygens (including phenoxy) is 1. The number of benzene rings is 1. The number of carbonyl (C=O) groups excluding carboxylic acids is 3. The average Bonchev–Trinajstić information content (AvgIpc) is 3.35. The lowest BCUT2D eigenvalue weighted by molar-refractivity contribution is -0.139. The largest absolute Gasteiger partial charge is 0.426 e. The van der Waals surface area contributed by atoms with Crippen LogP contribution in [0, 0.1) is 5.92 Å². The van der Waals surface area contributed by atoms with E-state index in [4.69, 9.17) is 4.74 Å². The number of nitrogens with zero attached hydrogens (tertiary/aromatic N) is 2. The maximum atomic E-state index is 12.5. The Balaban J connectivity index is 1.40. The van der Waals surface area contributed by atoms with Gasteiger partial charge in [0.2, 0.25) is 11.8 Å². The molecule has 1 saturated carbocycles. The maximum Gasteiger partial charge on any atom is 0.316 e. The Bertz CT molecular complexity index is 726. The summed E-state index contributed by atoms with van der Waals surface area (Å²) in [7, 11) is 0. The summed E-state index contributed by atoms with van der Waals surface area (Å²) < 4.78 is 5.54. The highest BCUT2D eigenvalue weighted by Crippen LogP contribution is 2.31. The van der Waals surface area contributed by atoms with Gasteiger partial charge in [-0.3, -0.25) is 14.4 Å². The first-order valence-electron chi connectivity index (χ1n) is 9.53. The van der Waals surface area contributed by atoms with E-state index in [1.807, 2.05) is 11.0 Å². The van der Waals surface area contributed by atoms with E-state index in [0.717, 1.165) is 37.8 Å². The zero-order valence-corrected chi connectivity index (χ0v) is 14.9. The number of anilines is 1. The molecule has 2 heterocycles. The highest BCUT2D eigenvalue weighted by molar-refractivity contribution is 5.95. The summed E-state index contributed by atoms with van der Waals surface area (Å²) in [5.41, 5.74) is 0.757. The molecule has 1 aromatic rings. The lowest BCUT2D eigenvalue weighted by Crippen LogP contribution is -2.35. The third-order valence-corrected chi connectivity index (χ3v) is 5.68. The van der Waals surface area contributed by atoms with E-state index >= 15 is 0 Å². The standard InChI is InChI=1S/C20H24N2O4/c23-18-9-4-10-21(18)16-7-3-8-17(12-16)26-20(25)14-11-19(24)22(13-14)15-5-1-2-6-15/h3,7-8,12,14-15H,1-2,4-6,9-11,13H2. The highest BCUT2D eigenvalue weighted by Gasteiger charge is 2.39. The molecule has 0 radical (unpaired) electrons. The fraction of sp³-hybridized carbons (Fsp3) is 0.550. The van der Waals surface area contributed by atoms with Crippen LogP contribution in [-0.4, -0.2) is 41.8 Å². The van der Waals surface area contributed by atoms with Gasteiger partial charge in [0.25, 0.3) is 0 Å². The molecular weight excluding hydrogens is 332 g/mol. The molecular formula is C20H24N2O4. The van der Waals surface area contributed by atoms with E-state index in [9.17, 15) is 14.4 Å². The molecule has 2 aliphatic heterocycles. The molecule has 0 N–H and O–H groups in total. The van der Waals surface area contributed by atoms with Crippen molar-refractivity contribution in [3.8, 4) is 5.75 Å². The topological polar surface area (TPSA) is 66.9 Å². The summed E-state index contributed by atoms with van der Waals surface area (Å²) in [5, 5.41) is 0. The number of rotatable bonds is 4. The van der Waals surface area contributed by atoms with Gasteiger partial charge in [-0.25, -0.2) is 0 Å². The van der Waals surface area contributed by atoms with Crippen LogP contribution in [0.4, 0.5) is 5.69 Å². The average molecular weight is 356 g/mol. The molecule has 2 saturated heterocycles. The first kappa shape index (κ1) is 17.1. The Morgan fingerprint density at radius 3 is 2.62 bits per heavy atom. The Morgan fingerprint density at radius 1 is 1.08 bits per heavy atom. The fourth-order valence-electron chi connectivity index (χ4n) is 4.29. The first-order chi connectivity index (χ1) is 12.6. The third kappa shape index (κ3) is 3.32. The van der Waals surface area contributed by atoms with Crippen LogP contribution in [-0.2, 0) is 14.4 Å². The molecule has 0 bridgehead atoms. The van der Waals surface area contributed by atoms with Crippen molar-refractivity contribution in [3.05, 3.63) is 24.3 Å². The molecule has 6 nitrogen and oxygen atoms in total. The lowest BCUT2D eigenvalue weighted by Gasteiger charge is -2.23. The first-order valence-corrected chi connectivity index (χ1v) is 9.53. The Labute approximate surface area is 153 Å². The smallest absolute Gasteiger partial charge is 0.316 e. The molecule has 3 fully saturated rings. The Morgan fingerprint density at radius 2 is 1.88 bits per heavy atom. The zero-order valence-electron chi connectivity index (χ0n) is 14.9. The summed E-state index contributed by atoms with van der Waals surface area (Å²) >= 11 is 0. The Hall–Kier alpha value is -2.37. The van der Waals surface area contributed by atoms with Gasteiger partial charge < -0.3 is 14.5 Å². The van der Waals surface area contributed by atoms with Gasteiger partial charge in [-0.15, -0.1) is 0 Å². The van der Waals surface area contributed by atoms with Gasteiger partial charge >= 0.3 is 5.97 Å². The highest BCUT2D eigenvalue weighted by atomic mass is 16.5. The number of hydrogen-bond acceptors (Lipinski definition) is 4. The van der Waals surface area contributed by atoms with E-state index in [2.05, 4.69) is 0 Å². The van der Waals surface area contributed by atoms with Crippen molar-refractivity contribution < 1.29 is 19.1 Å². The summed E-state index contributed by atoms with van der Waals surface area (Å²) in [4.78, 5) is 40.3. The van der Waals surface area contributed by atoms with Crippen LogP contribution in [0.5, 0.6) is 5.75 Å². The van der Waals surface area contributed by atoms with Gasteiger partial charge in [0.1, 0.15) is 5.75 Å². The van der Waals surface area contributed by atoms with Crippen LogP contribution in [0.15, 0.2) is 24.3 Å². The van der Waals surface area contributed by atoms with E-state index in [0.29, 0.717) is 31.3 Å². The minimum absolute atomic E-state index is 0.0651. The van der Waals surface area contributed by atoms with Crippen molar-refractivity contribution in [2.24, 2.45) is 5.92 Å². The second-order valence-corrected chi connectivity index (χ2v) is 7.45. The van der Waals surface area contributed by atoms with E-state index in [1.165, 1.54) is 0 Å². The Kier molecular flexibility index (Phi) is 4.66. The SMILES string of the molecule is O=C(Oc1cccc(N2CCCC2=O)c1)C1CC(=O)N(C2CCCC2)C1. The minimum Gasteiger partial charge on any atom is -0.426 e. The van der Waals surface area contributed by atoms with Crippen LogP contribution in [0.3, 0.4) is 0 Å². The van der Waals surface area contributed by atoms with Gasteiger partial charge in [-0.1, -0.05) is 18.9 Å². The number of likely N-dealkylation sites (tertiary alicyclic amines) is 1. The number of esters is 1. The molecule has 1 aliphatic carbocycles. The number of hydrogen-bond donors (Lipinski definition) is 0. The number of amides is 2. The molecule has 2 amide bonds. The molecule has 1 atom stereocenters. The maximum absolute atomic E-state index is 12.5. The lowest BCUT2D eigenvalue weighted by atomic mass is 10.1. The molecule has 1 aromatic carbocycles. The van der Waals surface area contributed by atoms with Crippen molar-refractivity contribution in [1.82, 2.24) is 4.90 Å². The molecule has 4 rings (SSSR count). The summed E-state index contributed by atoms with van der Waals surface area (Å²) in [5.74, 6) is -0.166. The second kappa shape index (κ2) is 7.09. The van der Waals surface area contributed by atoms with Crippen LogP contribution >= 0.6 is 0 Å².